The van der Waals surface area contributed by atoms with Crippen LogP contribution >= 0.6 is 0 Å². The smallest absolute Gasteiger partial charge is 0.129 e. The summed E-state index contributed by atoms with van der Waals surface area (Å²) in [6.07, 6.45) is 2.49. The van der Waals surface area contributed by atoms with Gasteiger partial charge in [0.15, 0.2) is 0 Å². The van der Waals surface area contributed by atoms with Crippen LogP contribution in [0.15, 0.2) is 12.1 Å². The molecule has 2 rings (SSSR count). The van der Waals surface area contributed by atoms with Crippen molar-refractivity contribution in [1.82, 2.24) is 5.32 Å². The van der Waals surface area contributed by atoms with Crippen LogP contribution in [0.4, 0.5) is 8.78 Å². The molecule has 0 radical (unpaired) electrons. The maximum atomic E-state index is 13.7. The van der Waals surface area contributed by atoms with Gasteiger partial charge in [0.2, 0.25) is 0 Å². The summed E-state index contributed by atoms with van der Waals surface area (Å²) in [5.74, 6) is -0.563. The highest BCUT2D eigenvalue weighted by molar-refractivity contribution is 5.29. The van der Waals surface area contributed by atoms with Crippen LogP contribution in [0.3, 0.4) is 0 Å². The summed E-state index contributed by atoms with van der Waals surface area (Å²) in [5, 5.41) is 3.25. The molecule has 0 spiro atoms. The molecule has 0 saturated carbocycles. The average Bonchev–Trinajstić information content (AvgIpc) is 2.30. The van der Waals surface area contributed by atoms with Gasteiger partial charge >= 0.3 is 0 Å². The van der Waals surface area contributed by atoms with Crippen molar-refractivity contribution in [2.45, 2.75) is 32.1 Å². The molecule has 1 aromatic carbocycles. The van der Waals surface area contributed by atoms with Gasteiger partial charge in [0.25, 0.3) is 0 Å². The molecular weight excluding hydrogens is 208 g/mol. The highest BCUT2D eigenvalue weighted by atomic mass is 19.1. The Morgan fingerprint density at radius 2 is 1.88 bits per heavy atom. The number of piperidine rings is 1. The second-order valence-electron chi connectivity index (χ2n) is 4.34. The van der Waals surface area contributed by atoms with Crippen LogP contribution < -0.4 is 5.32 Å². The molecule has 1 fully saturated rings. The second-order valence-corrected chi connectivity index (χ2v) is 4.34. The Morgan fingerprint density at radius 1 is 1.19 bits per heavy atom. The Balaban J connectivity index is 2.31. The normalized spacial score (nSPS) is 17.7. The van der Waals surface area contributed by atoms with Gasteiger partial charge in [0.1, 0.15) is 11.6 Å². The lowest BCUT2D eigenvalue weighted by atomic mass is 9.88. The summed E-state index contributed by atoms with van der Waals surface area (Å²) in [7, 11) is 0. The molecule has 0 unspecified atom stereocenters. The SMILES string of the molecule is CCc1cc(C2CCNCC2)c(F)cc1F. The van der Waals surface area contributed by atoms with Gasteiger partial charge in [-0.2, -0.15) is 0 Å². The molecule has 0 aliphatic carbocycles. The van der Waals surface area contributed by atoms with Crippen molar-refractivity contribution < 1.29 is 8.78 Å². The van der Waals surface area contributed by atoms with Crippen molar-refractivity contribution in [3.63, 3.8) is 0 Å². The van der Waals surface area contributed by atoms with E-state index in [0.29, 0.717) is 17.5 Å². The van der Waals surface area contributed by atoms with Crippen LogP contribution in [-0.2, 0) is 6.42 Å². The van der Waals surface area contributed by atoms with Crippen molar-refractivity contribution >= 4 is 0 Å². The maximum absolute atomic E-state index is 13.7. The van der Waals surface area contributed by atoms with Crippen LogP contribution in [0.25, 0.3) is 0 Å². The third kappa shape index (κ3) is 2.24. The molecule has 3 heteroatoms. The molecule has 0 aromatic heterocycles. The predicted molar refractivity (Wildman–Crippen MR) is 60.6 cm³/mol. The Hall–Kier alpha value is -0.960. The standard InChI is InChI=1S/C13H17F2N/c1-2-9-7-11(13(15)8-12(9)14)10-3-5-16-6-4-10/h7-8,10,16H,2-6H2,1H3. The van der Waals surface area contributed by atoms with Crippen LogP contribution in [0.5, 0.6) is 0 Å². The van der Waals surface area contributed by atoms with E-state index in [1.807, 2.05) is 6.92 Å². The summed E-state index contributed by atoms with van der Waals surface area (Å²) >= 11 is 0. The van der Waals surface area contributed by atoms with Crippen molar-refractivity contribution in [3.8, 4) is 0 Å². The molecule has 1 N–H and O–H groups in total. The van der Waals surface area contributed by atoms with Crippen molar-refractivity contribution in [2.75, 3.05) is 13.1 Å². The van der Waals surface area contributed by atoms with E-state index in [0.717, 1.165) is 32.0 Å². The minimum Gasteiger partial charge on any atom is -0.317 e. The van der Waals surface area contributed by atoms with E-state index >= 15 is 0 Å². The monoisotopic (exact) mass is 225 g/mol. The lowest BCUT2D eigenvalue weighted by molar-refractivity contribution is 0.442. The molecule has 88 valence electrons. The summed E-state index contributed by atoms with van der Waals surface area (Å²) in [4.78, 5) is 0. The van der Waals surface area contributed by atoms with Gasteiger partial charge in [-0.05, 0) is 55.5 Å². The molecule has 0 atom stereocenters. The van der Waals surface area contributed by atoms with Gasteiger partial charge in [-0.15, -0.1) is 0 Å². The van der Waals surface area contributed by atoms with E-state index in [1.165, 1.54) is 0 Å². The number of aryl methyl sites for hydroxylation is 1. The first-order valence-corrected chi connectivity index (χ1v) is 5.91. The van der Waals surface area contributed by atoms with E-state index in [-0.39, 0.29) is 11.7 Å². The second kappa shape index (κ2) is 4.91. The van der Waals surface area contributed by atoms with E-state index in [2.05, 4.69) is 5.32 Å². The third-order valence-electron chi connectivity index (χ3n) is 3.33. The van der Waals surface area contributed by atoms with Crippen LogP contribution in [-0.4, -0.2) is 13.1 Å². The summed E-state index contributed by atoms with van der Waals surface area (Å²) in [5.41, 5.74) is 1.31. The van der Waals surface area contributed by atoms with E-state index in [1.54, 1.807) is 6.07 Å². The minimum atomic E-state index is -0.419. The summed E-state index contributed by atoms with van der Waals surface area (Å²) < 4.78 is 27.0. The molecule has 1 aromatic rings. The minimum absolute atomic E-state index is 0.243. The number of hydrogen-bond donors (Lipinski definition) is 1. The van der Waals surface area contributed by atoms with Gasteiger partial charge < -0.3 is 5.32 Å². The van der Waals surface area contributed by atoms with Crippen LogP contribution in [0.1, 0.15) is 36.8 Å². The number of halogens is 2. The number of hydrogen-bond acceptors (Lipinski definition) is 1. The first-order chi connectivity index (χ1) is 7.72. The highest BCUT2D eigenvalue weighted by Crippen LogP contribution is 2.29. The molecule has 0 amide bonds. The Morgan fingerprint density at radius 3 is 2.50 bits per heavy atom. The predicted octanol–water partition coefficient (Wildman–Crippen LogP) is 2.99. The summed E-state index contributed by atoms with van der Waals surface area (Å²) in [6.45, 7) is 3.73. The van der Waals surface area contributed by atoms with Crippen LogP contribution in [0.2, 0.25) is 0 Å². The van der Waals surface area contributed by atoms with E-state index in [4.69, 9.17) is 0 Å². The fourth-order valence-electron chi connectivity index (χ4n) is 2.33. The number of rotatable bonds is 2. The first-order valence-electron chi connectivity index (χ1n) is 5.91. The lowest BCUT2D eigenvalue weighted by Gasteiger charge is -2.24. The van der Waals surface area contributed by atoms with E-state index in [9.17, 15) is 8.78 Å². The fraction of sp³-hybridized carbons (Fsp3) is 0.538. The average molecular weight is 225 g/mol. The van der Waals surface area contributed by atoms with Gasteiger partial charge in [-0.1, -0.05) is 6.92 Å². The fourth-order valence-corrected chi connectivity index (χ4v) is 2.33. The Kier molecular flexibility index (Phi) is 3.54. The first kappa shape index (κ1) is 11.5. The molecule has 0 bridgehead atoms. The van der Waals surface area contributed by atoms with Gasteiger partial charge in [-0.3, -0.25) is 0 Å². The summed E-state index contributed by atoms with van der Waals surface area (Å²) in [6, 6.07) is 2.75. The zero-order chi connectivity index (χ0) is 11.5. The molecule has 1 aliphatic rings. The van der Waals surface area contributed by atoms with Crippen molar-refractivity contribution in [2.24, 2.45) is 0 Å². The molecule has 16 heavy (non-hydrogen) atoms. The number of benzene rings is 1. The Bertz CT molecular complexity index is 370. The zero-order valence-corrected chi connectivity index (χ0v) is 9.52. The van der Waals surface area contributed by atoms with Gasteiger partial charge in [0.05, 0.1) is 0 Å². The van der Waals surface area contributed by atoms with Crippen molar-refractivity contribution in [3.05, 3.63) is 34.9 Å². The molecule has 1 aliphatic heterocycles. The molecular formula is C13H17F2N. The highest BCUT2D eigenvalue weighted by Gasteiger charge is 2.20. The maximum Gasteiger partial charge on any atom is 0.129 e. The molecule has 1 saturated heterocycles. The van der Waals surface area contributed by atoms with E-state index < -0.39 is 5.82 Å². The van der Waals surface area contributed by atoms with Crippen molar-refractivity contribution in [1.29, 1.82) is 0 Å². The number of nitrogens with one attached hydrogen (secondary N) is 1. The molecule has 1 nitrogen and oxygen atoms in total. The van der Waals surface area contributed by atoms with Crippen LogP contribution in [0, 0.1) is 11.6 Å². The van der Waals surface area contributed by atoms with Gasteiger partial charge in [0, 0.05) is 6.07 Å². The topological polar surface area (TPSA) is 12.0 Å². The zero-order valence-electron chi connectivity index (χ0n) is 9.52. The largest absolute Gasteiger partial charge is 0.317 e. The quantitative estimate of drug-likeness (QED) is 0.816. The molecule has 1 heterocycles. The third-order valence-corrected chi connectivity index (χ3v) is 3.33. The Labute approximate surface area is 94.9 Å². The van der Waals surface area contributed by atoms with Gasteiger partial charge in [-0.25, -0.2) is 8.78 Å². The lowest BCUT2D eigenvalue weighted by Crippen LogP contribution is -2.27.